The van der Waals surface area contributed by atoms with Gasteiger partial charge < -0.3 is 25.8 Å². The Labute approximate surface area is 204 Å². The number of cyclic esters (lactones) is 1. The van der Waals surface area contributed by atoms with Crippen LogP contribution >= 0.6 is 0 Å². The van der Waals surface area contributed by atoms with E-state index in [-0.39, 0.29) is 24.2 Å². The van der Waals surface area contributed by atoms with Gasteiger partial charge in [0.1, 0.15) is 6.10 Å². The summed E-state index contributed by atoms with van der Waals surface area (Å²) in [6.45, 7) is 8.28. The number of hydrogen-bond donors (Lipinski definition) is 4. The van der Waals surface area contributed by atoms with Gasteiger partial charge in [-0.3, -0.25) is 9.59 Å². The van der Waals surface area contributed by atoms with Crippen LogP contribution in [0.3, 0.4) is 0 Å². The van der Waals surface area contributed by atoms with Crippen LogP contribution in [0.5, 0.6) is 0 Å². The summed E-state index contributed by atoms with van der Waals surface area (Å²) in [6.07, 6.45) is 7.99. The molecule has 1 aliphatic heterocycles. The van der Waals surface area contributed by atoms with Gasteiger partial charge in [-0.15, -0.1) is 0 Å². The molecule has 1 fully saturated rings. The number of aliphatic hydroxyl groups is 2. The van der Waals surface area contributed by atoms with E-state index in [4.69, 9.17) is 10.5 Å². The minimum absolute atomic E-state index is 0.0114. The Bertz CT molecular complexity index is 735. The zero-order valence-corrected chi connectivity index (χ0v) is 21.2. The standard InChI is InChI=1S/C27H45NO6/c1-16-12-17(2)14-19(4)26(31)22(28)10-5-6-11-24(20-8-7-9-21(20)27(32)33)34-25(30)15-23(29)18(3)13-16/h5-6,10,16-21,23-24,26,29,31H,7-9,11-15,28H2,1-4H3,(H,32,33)/b6-5+,22-10+/t16-,17+,18-,19-,20+,21+,23-,24-,26+/m0/s1. The van der Waals surface area contributed by atoms with Crippen molar-refractivity contribution >= 4 is 11.9 Å². The number of carboxylic acid groups (broad SMARTS) is 1. The van der Waals surface area contributed by atoms with Crippen molar-refractivity contribution in [3.63, 3.8) is 0 Å². The van der Waals surface area contributed by atoms with Crippen LogP contribution in [0.25, 0.3) is 0 Å². The average molecular weight is 480 g/mol. The molecular formula is C27H45NO6. The first-order valence-electron chi connectivity index (χ1n) is 12.9. The summed E-state index contributed by atoms with van der Waals surface area (Å²) in [5.74, 6) is -1.46. The molecule has 0 aromatic rings. The summed E-state index contributed by atoms with van der Waals surface area (Å²) in [7, 11) is 0. The van der Waals surface area contributed by atoms with E-state index in [9.17, 15) is 24.9 Å². The summed E-state index contributed by atoms with van der Waals surface area (Å²) in [5.41, 5.74) is 6.52. The largest absolute Gasteiger partial charge is 0.481 e. The lowest BCUT2D eigenvalue weighted by Gasteiger charge is -2.28. The molecule has 0 saturated heterocycles. The zero-order chi connectivity index (χ0) is 25.4. The van der Waals surface area contributed by atoms with Gasteiger partial charge in [-0.2, -0.15) is 0 Å². The van der Waals surface area contributed by atoms with Crippen LogP contribution in [0.2, 0.25) is 0 Å². The summed E-state index contributed by atoms with van der Waals surface area (Å²) >= 11 is 0. The van der Waals surface area contributed by atoms with Gasteiger partial charge in [-0.25, -0.2) is 0 Å². The molecule has 2 aliphatic rings. The topological polar surface area (TPSA) is 130 Å². The molecule has 1 saturated carbocycles. The Balaban J connectivity index is 2.25. The van der Waals surface area contributed by atoms with Gasteiger partial charge in [-0.1, -0.05) is 46.3 Å². The highest BCUT2D eigenvalue weighted by atomic mass is 16.5. The van der Waals surface area contributed by atoms with Gasteiger partial charge in [0.15, 0.2) is 0 Å². The van der Waals surface area contributed by atoms with Crippen LogP contribution in [0, 0.1) is 35.5 Å². The second-order valence-electron chi connectivity index (χ2n) is 11.0. The minimum Gasteiger partial charge on any atom is -0.481 e. The molecule has 0 unspecified atom stereocenters. The molecule has 0 radical (unpaired) electrons. The molecule has 194 valence electrons. The molecule has 7 nitrogen and oxygen atoms in total. The quantitative estimate of drug-likeness (QED) is 0.440. The number of aliphatic hydroxyl groups excluding tert-OH is 2. The maximum atomic E-state index is 12.7. The Kier molecular flexibility index (Phi) is 11.1. The second kappa shape index (κ2) is 13.3. The van der Waals surface area contributed by atoms with Gasteiger partial charge in [0.05, 0.1) is 24.5 Å². The number of carbonyl (C=O) groups excluding carboxylic acids is 1. The number of allylic oxidation sites excluding steroid dienone is 2. The third-order valence-electron chi connectivity index (χ3n) is 7.71. The summed E-state index contributed by atoms with van der Waals surface area (Å²) in [6, 6.07) is 0. The lowest BCUT2D eigenvalue weighted by molar-refractivity contribution is -0.159. The van der Waals surface area contributed by atoms with Crippen LogP contribution in [0.1, 0.15) is 79.1 Å². The zero-order valence-electron chi connectivity index (χ0n) is 21.2. The predicted molar refractivity (Wildman–Crippen MR) is 132 cm³/mol. The van der Waals surface area contributed by atoms with Crippen LogP contribution in [-0.4, -0.2) is 45.6 Å². The summed E-state index contributed by atoms with van der Waals surface area (Å²) in [4.78, 5) is 24.5. The lowest BCUT2D eigenvalue weighted by atomic mass is 9.82. The Morgan fingerprint density at radius 2 is 1.68 bits per heavy atom. The van der Waals surface area contributed by atoms with Crippen LogP contribution in [0.4, 0.5) is 0 Å². The molecule has 7 heteroatoms. The number of ether oxygens (including phenoxy) is 1. The van der Waals surface area contributed by atoms with Crippen LogP contribution < -0.4 is 5.73 Å². The SMILES string of the molecule is C[C@@H]1C[C@H](C)C[C@H](C)[C@@H](O)CC(=O)O[C@H]([C@@H]2CCC[C@H]2C(=O)O)C/C=C/C=C(/N)[C@H](O)[C@@H](C)C1. The number of esters is 1. The van der Waals surface area contributed by atoms with E-state index in [1.165, 1.54) is 0 Å². The first-order chi connectivity index (χ1) is 16.0. The first kappa shape index (κ1) is 28.4. The Hall–Kier alpha value is -1.86. The molecule has 0 spiro atoms. The number of carbonyl (C=O) groups is 2. The molecule has 0 aromatic heterocycles. The molecule has 2 rings (SSSR count). The normalized spacial score (nSPS) is 42.0. The molecule has 34 heavy (non-hydrogen) atoms. The Morgan fingerprint density at radius 3 is 2.32 bits per heavy atom. The summed E-state index contributed by atoms with van der Waals surface area (Å²) in [5, 5.41) is 30.9. The van der Waals surface area contributed by atoms with Crippen molar-refractivity contribution < 1.29 is 29.6 Å². The van der Waals surface area contributed by atoms with Crippen molar-refractivity contribution in [2.75, 3.05) is 0 Å². The molecule has 1 heterocycles. The van der Waals surface area contributed by atoms with Crippen molar-refractivity contribution in [2.45, 2.75) is 97.4 Å². The van der Waals surface area contributed by atoms with Crippen molar-refractivity contribution in [2.24, 2.45) is 41.2 Å². The number of rotatable bonds is 2. The van der Waals surface area contributed by atoms with E-state index in [0.29, 0.717) is 36.8 Å². The molecule has 1 aliphatic carbocycles. The number of aliphatic carboxylic acids is 1. The summed E-state index contributed by atoms with van der Waals surface area (Å²) < 4.78 is 5.77. The number of nitrogens with two attached hydrogens (primary N) is 1. The monoisotopic (exact) mass is 479 g/mol. The highest BCUT2D eigenvalue weighted by Gasteiger charge is 2.39. The van der Waals surface area contributed by atoms with Crippen LogP contribution in [-0.2, 0) is 14.3 Å². The molecule has 0 bridgehead atoms. The molecule has 5 N–H and O–H groups in total. The second-order valence-corrected chi connectivity index (χ2v) is 11.0. The molecule has 0 amide bonds. The fraction of sp³-hybridized carbons (Fsp3) is 0.778. The Morgan fingerprint density at radius 1 is 1.03 bits per heavy atom. The van der Waals surface area contributed by atoms with Crippen molar-refractivity contribution in [3.05, 3.63) is 23.9 Å². The van der Waals surface area contributed by atoms with E-state index in [1.807, 2.05) is 19.9 Å². The van der Waals surface area contributed by atoms with E-state index < -0.39 is 36.2 Å². The predicted octanol–water partition coefficient (Wildman–Crippen LogP) is 4.03. The number of hydrogen-bond acceptors (Lipinski definition) is 6. The van der Waals surface area contributed by atoms with Crippen molar-refractivity contribution in [1.29, 1.82) is 0 Å². The van der Waals surface area contributed by atoms with Crippen LogP contribution in [0.15, 0.2) is 23.9 Å². The molecule has 9 atom stereocenters. The first-order valence-corrected chi connectivity index (χ1v) is 12.9. The lowest BCUT2D eigenvalue weighted by Crippen LogP contribution is -2.34. The minimum atomic E-state index is -0.861. The maximum absolute atomic E-state index is 12.7. The highest BCUT2D eigenvalue weighted by molar-refractivity contribution is 5.72. The maximum Gasteiger partial charge on any atom is 0.308 e. The number of carboxylic acids is 1. The third-order valence-corrected chi connectivity index (χ3v) is 7.71. The van der Waals surface area contributed by atoms with Gasteiger partial charge in [0.25, 0.3) is 0 Å². The van der Waals surface area contributed by atoms with Gasteiger partial charge in [0.2, 0.25) is 0 Å². The van der Waals surface area contributed by atoms with Crippen molar-refractivity contribution in [1.82, 2.24) is 0 Å². The smallest absolute Gasteiger partial charge is 0.308 e. The molecular weight excluding hydrogens is 434 g/mol. The van der Waals surface area contributed by atoms with E-state index in [1.54, 1.807) is 12.2 Å². The molecule has 0 aromatic carbocycles. The van der Waals surface area contributed by atoms with E-state index >= 15 is 0 Å². The average Bonchev–Trinajstić information content (AvgIpc) is 3.24. The van der Waals surface area contributed by atoms with Gasteiger partial charge in [-0.05, 0) is 61.9 Å². The third kappa shape index (κ3) is 8.42. The van der Waals surface area contributed by atoms with Gasteiger partial charge >= 0.3 is 11.9 Å². The van der Waals surface area contributed by atoms with Crippen molar-refractivity contribution in [3.8, 4) is 0 Å². The highest BCUT2D eigenvalue weighted by Crippen LogP contribution is 2.37. The fourth-order valence-corrected chi connectivity index (χ4v) is 5.89. The van der Waals surface area contributed by atoms with E-state index in [0.717, 1.165) is 25.7 Å². The fourth-order valence-electron chi connectivity index (χ4n) is 5.89. The van der Waals surface area contributed by atoms with Gasteiger partial charge in [0, 0.05) is 18.0 Å². The van der Waals surface area contributed by atoms with E-state index in [2.05, 4.69) is 13.8 Å².